The molecule has 1 aromatic carbocycles. The van der Waals surface area contributed by atoms with Crippen molar-refractivity contribution in [3.63, 3.8) is 0 Å². The van der Waals surface area contributed by atoms with Gasteiger partial charge in [0.15, 0.2) is 0 Å². The average molecular weight is 206 g/mol. The van der Waals surface area contributed by atoms with E-state index >= 15 is 0 Å². The van der Waals surface area contributed by atoms with E-state index < -0.39 is 0 Å². The van der Waals surface area contributed by atoms with Gasteiger partial charge in [0, 0.05) is 19.1 Å². The summed E-state index contributed by atoms with van der Waals surface area (Å²) in [6, 6.07) is 11.2. The van der Waals surface area contributed by atoms with Crippen molar-refractivity contribution in [2.24, 2.45) is 5.73 Å². The summed E-state index contributed by atoms with van der Waals surface area (Å²) in [7, 11) is 0. The molecule has 0 aromatic heterocycles. The topological polar surface area (TPSA) is 29.3 Å². The molecule has 0 heterocycles. The Morgan fingerprint density at radius 2 is 1.87 bits per heavy atom. The molecule has 1 aromatic rings. The molecule has 1 atom stereocenters. The minimum atomic E-state index is 0.514. The van der Waals surface area contributed by atoms with Gasteiger partial charge in [0.2, 0.25) is 0 Å². The number of rotatable bonds is 6. The van der Waals surface area contributed by atoms with Gasteiger partial charge < -0.3 is 5.73 Å². The minimum absolute atomic E-state index is 0.514. The van der Waals surface area contributed by atoms with E-state index in [-0.39, 0.29) is 0 Å². The van der Waals surface area contributed by atoms with Crippen LogP contribution < -0.4 is 5.73 Å². The molecule has 0 radical (unpaired) electrons. The highest BCUT2D eigenvalue weighted by Crippen LogP contribution is 2.22. The summed E-state index contributed by atoms with van der Waals surface area (Å²) in [4.78, 5) is 2.44. The van der Waals surface area contributed by atoms with Gasteiger partial charge >= 0.3 is 0 Å². The molecular formula is C13H22N2. The first-order valence-electron chi connectivity index (χ1n) is 5.82. The van der Waals surface area contributed by atoms with Gasteiger partial charge in [-0.05, 0) is 18.5 Å². The van der Waals surface area contributed by atoms with Crippen LogP contribution in [0.15, 0.2) is 30.3 Å². The Kier molecular flexibility index (Phi) is 5.37. The molecule has 1 rings (SSSR count). The fourth-order valence-corrected chi connectivity index (χ4v) is 2.08. The fourth-order valence-electron chi connectivity index (χ4n) is 2.08. The number of nitrogens with two attached hydrogens (primary N) is 1. The summed E-state index contributed by atoms with van der Waals surface area (Å²) < 4.78 is 0. The third-order valence-electron chi connectivity index (χ3n) is 2.83. The number of hydrogen-bond donors (Lipinski definition) is 1. The van der Waals surface area contributed by atoms with Crippen molar-refractivity contribution in [2.75, 3.05) is 19.6 Å². The molecule has 0 aliphatic heterocycles. The Balaban J connectivity index is 2.77. The molecule has 0 aliphatic rings. The molecule has 1 unspecified atom stereocenters. The monoisotopic (exact) mass is 206 g/mol. The third kappa shape index (κ3) is 3.33. The lowest BCUT2D eigenvalue weighted by Gasteiger charge is -2.29. The van der Waals surface area contributed by atoms with Gasteiger partial charge in [-0.3, -0.25) is 4.90 Å². The normalized spacial score (nSPS) is 13.1. The SMILES string of the molecule is CCC(c1ccccc1)N(CC)CCN. The van der Waals surface area contributed by atoms with Crippen LogP contribution in [-0.2, 0) is 0 Å². The maximum atomic E-state index is 5.63. The van der Waals surface area contributed by atoms with E-state index in [9.17, 15) is 0 Å². The first-order valence-corrected chi connectivity index (χ1v) is 5.82. The second-order valence-electron chi connectivity index (χ2n) is 3.75. The van der Waals surface area contributed by atoms with E-state index in [1.807, 2.05) is 0 Å². The Hall–Kier alpha value is -0.860. The van der Waals surface area contributed by atoms with Crippen molar-refractivity contribution in [1.82, 2.24) is 4.90 Å². The smallest absolute Gasteiger partial charge is 0.0345 e. The van der Waals surface area contributed by atoms with Crippen molar-refractivity contribution in [3.8, 4) is 0 Å². The highest BCUT2D eigenvalue weighted by atomic mass is 15.2. The van der Waals surface area contributed by atoms with Gasteiger partial charge in [-0.15, -0.1) is 0 Å². The minimum Gasteiger partial charge on any atom is -0.329 e. The zero-order valence-electron chi connectivity index (χ0n) is 9.82. The predicted molar refractivity (Wildman–Crippen MR) is 65.8 cm³/mol. The first kappa shape index (κ1) is 12.2. The number of hydrogen-bond acceptors (Lipinski definition) is 2. The predicted octanol–water partition coefficient (Wildman–Crippen LogP) is 2.42. The Morgan fingerprint density at radius 1 is 1.20 bits per heavy atom. The Bertz CT molecular complexity index is 258. The van der Waals surface area contributed by atoms with Crippen LogP contribution in [0.1, 0.15) is 31.9 Å². The van der Waals surface area contributed by atoms with Crippen molar-refractivity contribution < 1.29 is 0 Å². The molecule has 15 heavy (non-hydrogen) atoms. The summed E-state index contributed by atoms with van der Waals surface area (Å²) in [5.74, 6) is 0. The fraction of sp³-hybridized carbons (Fsp3) is 0.538. The number of nitrogens with zero attached hydrogens (tertiary/aromatic N) is 1. The standard InChI is InChI=1S/C13H22N2/c1-3-13(15(4-2)11-10-14)12-8-6-5-7-9-12/h5-9,13H,3-4,10-11,14H2,1-2H3. The first-order chi connectivity index (χ1) is 7.33. The van der Waals surface area contributed by atoms with Crippen LogP contribution in [0.2, 0.25) is 0 Å². The van der Waals surface area contributed by atoms with Gasteiger partial charge in [0.05, 0.1) is 0 Å². The zero-order chi connectivity index (χ0) is 11.1. The second-order valence-corrected chi connectivity index (χ2v) is 3.75. The van der Waals surface area contributed by atoms with Gasteiger partial charge in [-0.2, -0.15) is 0 Å². The lowest BCUT2D eigenvalue weighted by Crippen LogP contribution is -2.33. The molecule has 0 saturated carbocycles. The van der Waals surface area contributed by atoms with E-state index in [1.165, 1.54) is 5.56 Å². The van der Waals surface area contributed by atoms with Crippen molar-refractivity contribution in [1.29, 1.82) is 0 Å². The summed E-state index contributed by atoms with van der Waals surface area (Å²) in [5, 5.41) is 0. The molecular weight excluding hydrogens is 184 g/mol. The van der Waals surface area contributed by atoms with E-state index in [4.69, 9.17) is 5.73 Å². The summed E-state index contributed by atoms with van der Waals surface area (Å²) in [6.07, 6.45) is 1.14. The van der Waals surface area contributed by atoms with Crippen LogP contribution in [0.5, 0.6) is 0 Å². The Labute approximate surface area is 93.1 Å². The van der Waals surface area contributed by atoms with Crippen LogP contribution in [0.4, 0.5) is 0 Å². The molecule has 2 nitrogen and oxygen atoms in total. The van der Waals surface area contributed by atoms with Crippen LogP contribution >= 0.6 is 0 Å². The highest BCUT2D eigenvalue weighted by molar-refractivity contribution is 5.18. The average Bonchev–Trinajstić information content (AvgIpc) is 2.30. The quantitative estimate of drug-likeness (QED) is 0.774. The van der Waals surface area contributed by atoms with Gasteiger partial charge in [0.1, 0.15) is 0 Å². The van der Waals surface area contributed by atoms with Gasteiger partial charge in [-0.25, -0.2) is 0 Å². The summed E-state index contributed by atoms with van der Waals surface area (Å²) in [6.45, 7) is 7.20. The summed E-state index contributed by atoms with van der Waals surface area (Å²) >= 11 is 0. The summed E-state index contributed by atoms with van der Waals surface area (Å²) in [5.41, 5.74) is 7.03. The largest absolute Gasteiger partial charge is 0.329 e. The maximum Gasteiger partial charge on any atom is 0.0345 e. The lowest BCUT2D eigenvalue weighted by molar-refractivity contribution is 0.208. The molecule has 2 heteroatoms. The molecule has 0 saturated heterocycles. The van der Waals surface area contributed by atoms with E-state index in [0.717, 1.165) is 26.1 Å². The van der Waals surface area contributed by atoms with E-state index in [1.54, 1.807) is 0 Å². The molecule has 0 spiro atoms. The van der Waals surface area contributed by atoms with Crippen molar-refractivity contribution in [2.45, 2.75) is 26.3 Å². The molecule has 0 amide bonds. The molecule has 84 valence electrons. The van der Waals surface area contributed by atoms with Crippen LogP contribution in [-0.4, -0.2) is 24.5 Å². The number of benzene rings is 1. The van der Waals surface area contributed by atoms with Crippen LogP contribution in [0, 0.1) is 0 Å². The lowest BCUT2D eigenvalue weighted by atomic mass is 10.0. The Morgan fingerprint density at radius 3 is 2.33 bits per heavy atom. The molecule has 0 bridgehead atoms. The van der Waals surface area contributed by atoms with Crippen LogP contribution in [0.3, 0.4) is 0 Å². The second kappa shape index (κ2) is 6.59. The van der Waals surface area contributed by atoms with Crippen molar-refractivity contribution in [3.05, 3.63) is 35.9 Å². The third-order valence-corrected chi connectivity index (χ3v) is 2.83. The molecule has 2 N–H and O–H groups in total. The van der Waals surface area contributed by atoms with Gasteiger partial charge in [0.25, 0.3) is 0 Å². The van der Waals surface area contributed by atoms with Gasteiger partial charge in [-0.1, -0.05) is 44.2 Å². The maximum absolute atomic E-state index is 5.63. The zero-order valence-corrected chi connectivity index (χ0v) is 9.82. The number of likely N-dealkylation sites (N-methyl/N-ethyl adjacent to an activating group) is 1. The van der Waals surface area contributed by atoms with E-state index in [2.05, 4.69) is 49.1 Å². The molecule has 0 fully saturated rings. The van der Waals surface area contributed by atoms with Crippen molar-refractivity contribution >= 4 is 0 Å². The molecule has 0 aliphatic carbocycles. The van der Waals surface area contributed by atoms with Crippen LogP contribution in [0.25, 0.3) is 0 Å². The highest BCUT2D eigenvalue weighted by Gasteiger charge is 2.15. The van der Waals surface area contributed by atoms with E-state index in [0.29, 0.717) is 6.04 Å².